The summed E-state index contributed by atoms with van der Waals surface area (Å²) in [5.74, 6) is 2.50. The molecule has 0 bridgehead atoms. The third-order valence-corrected chi connectivity index (χ3v) is 7.25. The number of hydrogen-bond acceptors (Lipinski definition) is 0. The fourth-order valence-electron chi connectivity index (χ4n) is 1.92. The van der Waals surface area contributed by atoms with Crippen LogP contribution in [-0.2, 0) is 18.6 Å². The van der Waals surface area contributed by atoms with E-state index in [1.54, 1.807) is 28.9 Å². The van der Waals surface area contributed by atoms with E-state index in [-0.39, 0.29) is 18.6 Å². The molecule has 0 aromatic heterocycles. The van der Waals surface area contributed by atoms with Crippen molar-refractivity contribution in [1.29, 1.82) is 0 Å². The molecule has 8 heavy (non-hydrogen) atoms. The maximum atomic E-state index is 1.73. The van der Waals surface area contributed by atoms with Crippen molar-refractivity contribution in [1.82, 2.24) is 0 Å². The van der Waals surface area contributed by atoms with Gasteiger partial charge < -0.3 is 0 Å². The van der Waals surface area contributed by atoms with Crippen molar-refractivity contribution in [2.75, 3.05) is 0 Å². The molecular formula is C7H12W. The molecule has 46 valence electrons. The molecule has 2 aliphatic rings. The Balaban J connectivity index is 2.04. The quantitative estimate of drug-likeness (QED) is 0.639. The van der Waals surface area contributed by atoms with Crippen molar-refractivity contribution in [3.05, 3.63) is 0 Å². The van der Waals surface area contributed by atoms with Crippen LogP contribution in [0, 0.1) is 11.8 Å². The molecule has 2 fully saturated rings. The molecule has 0 aromatic carbocycles. The van der Waals surface area contributed by atoms with E-state index < -0.39 is 0 Å². The summed E-state index contributed by atoms with van der Waals surface area (Å²) in [5.41, 5.74) is 0. The summed E-state index contributed by atoms with van der Waals surface area (Å²) in [4.78, 5) is 3.45. The predicted octanol–water partition coefficient (Wildman–Crippen LogP) is 2.34. The van der Waals surface area contributed by atoms with Gasteiger partial charge in [0, 0.05) is 0 Å². The summed E-state index contributed by atoms with van der Waals surface area (Å²) >= 11 is 0.279. The topological polar surface area (TPSA) is 0 Å². The minimum absolute atomic E-state index is 0.279. The van der Waals surface area contributed by atoms with Gasteiger partial charge in [0.15, 0.2) is 0 Å². The summed E-state index contributed by atoms with van der Waals surface area (Å²) in [6.07, 6.45) is 4.77. The fraction of sp³-hybridized carbons (Fsp3) is 1.00. The first kappa shape index (κ1) is 5.47. The van der Waals surface area contributed by atoms with Gasteiger partial charge in [-0.15, -0.1) is 0 Å². The summed E-state index contributed by atoms with van der Waals surface area (Å²) in [7, 11) is 0. The molecule has 0 spiro atoms. The molecule has 0 aromatic rings. The first-order valence-corrected chi connectivity index (χ1v) is 7.69. The summed E-state index contributed by atoms with van der Waals surface area (Å²) in [6, 6.07) is 0. The molecule has 0 radical (unpaired) electrons. The number of hydrogen-bond donors (Lipinski definition) is 0. The molecule has 2 unspecified atom stereocenters. The Morgan fingerprint density at radius 1 is 1.00 bits per heavy atom. The molecule has 1 heteroatoms. The summed E-state index contributed by atoms with van der Waals surface area (Å²) in [5, 5.41) is 0. The van der Waals surface area contributed by atoms with Crippen LogP contribution in [0.5, 0.6) is 0 Å². The number of fused-ring (bicyclic) bond motifs is 1. The van der Waals surface area contributed by atoms with E-state index in [4.69, 9.17) is 0 Å². The van der Waals surface area contributed by atoms with Crippen LogP contribution in [0.15, 0.2) is 0 Å². The van der Waals surface area contributed by atoms with Gasteiger partial charge in [0.25, 0.3) is 0 Å². The average Bonchev–Trinajstić information content (AvgIpc) is 2.15. The Morgan fingerprint density at radius 2 is 1.62 bits per heavy atom. The van der Waals surface area contributed by atoms with E-state index in [1.165, 1.54) is 11.8 Å². The van der Waals surface area contributed by atoms with Crippen LogP contribution in [0.4, 0.5) is 0 Å². The van der Waals surface area contributed by atoms with Gasteiger partial charge in [-0.2, -0.15) is 0 Å². The van der Waals surface area contributed by atoms with Crippen molar-refractivity contribution >= 4 is 0 Å². The SMILES string of the molecule is C1CC2[CH2][W][CH2]C2C1. The van der Waals surface area contributed by atoms with Gasteiger partial charge in [0.2, 0.25) is 0 Å². The van der Waals surface area contributed by atoms with Gasteiger partial charge in [-0.3, -0.25) is 0 Å². The second kappa shape index (κ2) is 2.14. The van der Waals surface area contributed by atoms with Gasteiger partial charge in [-0.25, -0.2) is 0 Å². The first-order valence-electron chi connectivity index (χ1n) is 3.54. The van der Waals surface area contributed by atoms with E-state index in [0.717, 1.165) is 0 Å². The zero-order valence-electron chi connectivity index (χ0n) is 5.10. The molecule has 1 aliphatic carbocycles. The third-order valence-electron chi connectivity index (χ3n) is 2.48. The van der Waals surface area contributed by atoms with Crippen molar-refractivity contribution in [2.45, 2.75) is 28.9 Å². The van der Waals surface area contributed by atoms with Crippen LogP contribution in [0.3, 0.4) is 0 Å². The van der Waals surface area contributed by atoms with E-state index in [2.05, 4.69) is 0 Å². The summed E-state index contributed by atoms with van der Waals surface area (Å²) in [6.45, 7) is 0. The van der Waals surface area contributed by atoms with E-state index in [9.17, 15) is 0 Å². The van der Waals surface area contributed by atoms with Crippen LogP contribution >= 0.6 is 0 Å². The Morgan fingerprint density at radius 3 is 2.25 bits per heavy atom. The van der Waals surface area contributed by atoms with Gasteiger partial charge in [-0.1, -0.05) is 0 Å². The molecule has 1 saturated carbocycles. The standard InChI is InChI=1S/C7H12.W/c1-6-4-3-5-7(6)2;/h6-7H,1-5H2;. The van der Waals surface area contributed by atoms with Crippen molar-refractivity contribution in [2.24, 2.45) is 11.8 Å². The van der Waals surface area contributed by atoms with Gasteiger partial charge >= 0.3 is 59.3 Å². The van der Waals surface area contributed by atoms with Crippen LogP contribution < -0.4 is 0 Å². The molecule has 0 nitrogen and oxygen atoms in total. The fourth-order valence-corrected chi connectivity index (χ4v) is 7.74. The van der Waals surface area contributed by atoms with E-state index in [1.807, 2.05) is 0 Å². The van der Waals surface area contributed by atoms with Crippen LogP contribution in [0.1, 0.15) is 19.3 Å². The Kier molecular flexibility index (Phi) is 1.46. The molecular weight excluding hydrogens is 268 g/mol. The molecule has 2 rings (SSSR count). The van der Waals surface area contributed by atoms with Crippen molar-refractivity contribution < 1.29 is 18.6 Å². The van der Waals surface area contributed by atoms with E-state index in [0.29, 0.717) is 0 Å². The first-order chi connectivity index (χ1) is 3.97. The Hall–Kier alpha value is 0.688. The molecule has 1 aliphatic heterocycles. The monoisotopic (exact) mass is 280 g/mol. The second-order valence-corrected chi connectivity index (χ2v) is 6.85. The molecule has 1 heterocycles. The molecule has 1 saturated heterocycles. The van der Waals surface area contributed by atoms with Gasteiger partial charge in [-0.05, 0) is 0 Å². The molecule has 2 atom stereocenters. The van der Waals surface area contributed by atoms with Gasteiger partial charge in [0.05, 0.1) is 0 Å². The van der Waals surface area contributed by atoms with Crippen LogP contribution in [-0.4, -0.2) is 0 Å². The zero-order valence-corrected chi connectivity index (χ0v) is 8.03. The Bertz CT molecular complexity index is 70.4. The van der Waals surface area contributed by atoms with Crippen LogP contribution in [0.2, 0.25) is 9.62 Å². The molecule has 0 amide bonds. The van der Waals surface area contributed by atoms with Gasteiger partial charge in [0.1, 0.15) is 0 Å². The predicted molar refractivity (Wildman–Crippen MR) is 30.4 cm³/mol. The molecule has 0 N–H and O–H groups in total. The minimum atomic E-state index is 0.279. The van der Waals surface area contributed by atoms with Crippen molar-refractivity contribution in [3.63, 3.8) is 0 Å². The van der Waals surface area contributed by atoms with E-state index >= 15 is 0 Å². The Labute approximate surface area is 59.6 Å². The second-order valence-electron chi connectivity index (χ2n) is 2.99. The summed E-state index contributed by atoms with van der Waals surface area (Å²) < 4.78 is 0. The number of rotatable bonds is 0. The maximum absolute atomic E-state index is 1.73. The third kappa shape index (κ3) is 0.777. The van der Waals surface area contributed by atoms with Crippen molar-refractivity contribution in [3.8, 4) is 0 Å². The zero-order chi connectivity index (χ0) is 5.40. The van der Waals surface area contributed by atoms with Crippen LogP contribution in [0.25, 0.3) is 0 Å². The normalized spacial score (nSPS) is 45.0. The average molecular weight is 280 g/mol.